The molecular formula is C30H30N6O8S. The molecule has 0 saturated carbocycles. The first-order chi connectivity index (χ1) is 21.7. The average Bonchev–Trinajstić information content (AvgIpc) is 3.50. The lowest BCUT2D eigenvalue weighted by Gasteiger charge is -2.35. The highest BCUT2D eigenvalue weighted by Gasteiger charge is 2.35. The van der Waals surface area contributed by atoms with Crippen molar-refractivity contribution in [3.63, 3.8) is 0 Å². The van der Waals surface area contributed by atoms with Crippen molar-refractivity contribution in [2.24, 2.45) is 5.92 Å². The van der Waals surface area contributed by atoms with Gasteiger partial charge in [0.2, 0.25) is 5.88 Å². The number of hydrogen-bond acceptors (Lipinski definition) is 11. The number of rotatable bonds is 6. The van der Waals surface area contributed by atoms with Crippen molar-refractivity contribution >= 4 is 49.7 Å². The summed E-state index contributed by atoms with van der Waals surface area (Å²) >= 11 is 0. The summed E-state index contributed by atoms with van der Waals surface area (Å²) < 4.78 is 46.5. The van der Waals surface area contributed by atoms with Gasteiger partial charge in [0.1, 0.15) is 24.0 Å². The zero-order valence-corrected chi connectivity index (χ0v) is 25.0. The Hall–Kier alpha value is -4.89. The molecule has 2 atom stereocenters. The third-order valence-corrected chi connectivity index (χ3v) is 9.65. The minimum atomic E-state index is -4.56. The third kappa shape index (κ3) is 5.37. The number of anilines is 3. The number of hydrogen-bond donors (Lipinski definition) is 3. The lowest BCUT2D eigenvalue weighted by Crippen LogP contribution is -2.41. The summed E-state index contributed by atoms with van der Waals surface area (Å²) in [7, 11) is -4.56. The van der Waals surface area contributed by atoms with Gasteiger partial charge in [0, 0.05) is 36.9 Å². The van der Waals surface area contributed by atoms with Crippen LogP contribution >= 0.6 is 0 Å². The number of amides is 1. The molecule has 0 radical (unpaired) electrons. The molecule has 1 fully saturated rings. The Kier molecular flexibility index (Phi) is 7.20. The molecule has 45 heavy (non-hydrogen) atoms. The van der Waals surface area contributed by atoms with Crippen molar-refractivity contribution in [1.82, 2.24) is 14.7 Å². The number of pyridine rings is 1. The fourth-order valence-corrected chi connectivity index (χ4v) is 7.10. The molecule has 3 aliphatic rings. The van der Waals surface area contributed by atoms with Gasteiger partial charge in [-0.25, -0.2) is 13.1 Å². The van der Waals surface area contributed by atoms with Crippen molar-refractivity contribution in [3.05, 3.63) is 70.4 Å². The second-order valence-corrected chi connectivity index (χ2v) is 13.0. The van der Waals surface area contributed by atoms with E-state index in [4.69, 9.17) is 14.2 Å². The van der Waals surface area contributed by atoms with Crippen molar-refractivity contribution in [1.29, 1.82) is 0 Å². The van der Waals surface area contributed by atoms with Gasteiger partial charge in [0.25, 0.3) is 21.6 Å². The maximum Gasteiger partial charge on any atom is 0.297 e. The largest absolute Gasteiger partial charge is 0.489 e. The normalized spacial score (nSPS) is 19.9. The molecule has 2 aromatic carbocycles. The van der Waals surface area contributed by atoms with Crippen LogP contribution in [0.15, 0.2) is 59.6 Å². The molecule has 234 valence electrons. The molecule has 0 unspecified atom stereocenters. The van der Waals surface area contributed by atoms with Crippen LogP contribution in [0.4, 0.5) is 22.7 Å². The van der Waals surface area contributed by atoms with Gasteiger partial charge >= 0.3 is 0 Å². The maximum absolute atomic E-state index is 13.6. The number of sulfonamides is 1. The summed E-state index contributed by atoms with van der Waals surface area (Å²) in [6, 6.07) is 12.3. The first-order valence-electron chi connectivity index (χ1n) is 14.6. The van der Waals surface area contributed by atoms with E-state index in [9.17, 15) is 23.3 Å². The predicted octanol–water partition coefficient (Wildman–Crippen LogP) is 4.11. The molecular weight excluding hydrogens is 604 g/mol. The summed E-state index contributed by atoms with van der Waals surface area (Å²) in [6.45, 7) is 3.65. The Morgan fingerprint density at radius 3 is 2.73 bits per heavy atom. The average molecular weight is 635 g/mol. The van der Waals surface area contributed by atoms with Crippen LogP contribution in [0.25, 0.3) is 11.0 Å². The van der Waals surface area contributed by atoms with E-state index in [1.807, 2.05) is 24.0 Å². The molecule has 14 nitrogen and oxygen atoms in total. The van der Waals surface area contributed by atoms with E-state index in [0.29, 0.717) is 42.7 Å². The standard InChI is InChI=1S/C30H30N6O8S/c1-17-15-35(25-12-19-6-9-31-28(19)33-30(25)44-17)23-5-3-2-4-21(23)29(37)34-45(40,41)20-13-24(36(38)39)27-26(14-20)43-16-22(32-27)18-7-10-42-11-8-18/h2-6,9,12-14,17-18,22,32H,7-8,10-11,15-16H2,1H3,(H,31,33)(H,34,37)/t17-,22+/m1/s1. The lowest BCUT2D eigenvalue weighted by atomic mass is 9.91. The van der Waals surface area contributed by atoms with E-state index < -0.39 is 31.4 Å². The summed E-state index contributed by atoms with van der Waals surface area (Å²) in [5.41, 5.74) is 1.46. The number of benzene rings is 2. The van der Waals surface area contributed by atoms with Crippen molar-refractivity contribution in [2.75, 3.05) is 36.6 Å². The second-order valence-electron chi connectivity index (χ2n) is 11.3. The van der Waals surface area contributed by atoms with Gasteiger partial charge in [-0.3, -0.25) is 14.9 Å². The van der Waals surface area contributed by atoms with E-state index in [1.165, 1.54) is 12.1 Å². The van der Waals surface area contributed by atoms with Crippen LogP contribution in [0.5, 0.6) is 11.6 Å². The van der Waals surface area contributed by atoms with E-state index in [1.54, 1.807) is 24.4 Å². The third-order valence-electron chi connectivity index (χ3n) is 8.34. The zero-order valence-electron chi connectivity index (χ0n) is 24.2. The molecule has 1 saturated heterocycles. The van der Waals surface area contributed by atoms with E-state index in [0.717, 1.165) is 24.3 Å². The molecule has 2 aromatic heterocycles. The Labute approximate surface area is 257 Å². The summed E-state index contributed by atoms with van der Waals surface area (Å²) in [4.78, 5) is 34.1. The number of para-hydroxylation sites is 1. The number of aromatic amines is 1. The van der Waals surface area contributed by atoms with Gasteiger partial charge in [-0.2, -0.15) is 4.98 Å². The summed E-state index contributed by atoms with van der Waals surface area (Å²) in [5.74, 6) is -0.301. The van der Waals surface area contributed by atoms with Crippen LogP contribution in [-0.2, 0) is 14.8 Å². The number of nitrogens with zero attached hydrogens (tertiary/aromatic N) is 3. The molecule has 3 aliphatic heterocycles. The number of nitro groups is 1. The minimum absolute atomic E-state index is 0.0308. The molecule has 3 N–H and O–H groups in total. The number of carbonyl (C=O) groups is 1. The first kappa shape index (κ1) is 28.9. The smallest absolute Gasteiger partial charge is 0.297 e. The zero-order chi connectivity index (χ0) is 31.3. The van der Waals surface area contributed by atoms with Crippen molar-refractivity contribution in [3.8, 4) is 11.6 Å². The van der Waals surface area contributed by atoms with Crippen LogP contribution < -0.4 is 24.4 Å². The molecule has 0 bridgehead atoms. The highest BCUT2D eigenvalue weighted by Crippen LogP contribution is 2.43. The van der Waals surface area contributed by atoms with E-state index in [2.05, 4.69) is 20.0 Å². The van der Waals surface area contributed by atoms with Gasteiger partial charge in [-0.05, 0) is 49.9 Å². The second kappa shape index (κ2) is 11.2. The van der Waals surface area contributed by atoms with Crippen LogP contribution in [-0.4, -0.2) is 67.7 Å². The van der Waals surface area contributed by atoms with Crippen LogP contribution in [0, 0.1) is 16.0 Å². The number of carbonyl (C=O) groups excluding carboxylic acids is 1. The van der Waals surface area contributed by atoms with E-state index >= 15 is 0 Å². The highest BCUT2D eigenvalue weighted by atomic mass is 32.2. The predicted molar refractivity (Wildman–Crippen MR) is 164 cm³/mol. The Balaban J connectivity index is 1.19. The molecule has 1 amide bonds. The maximum atomic E-state index is 13.6. The van der Waals surface area contributed by atoms with Crippen LogP contribution in [0.2, 0.25) is 0 Å². The SMILES string of the molecule is C[C@@H]1CN(c2ccccc2C(=O)NS(=O)(=O)c2cc3c(c([N+](=O)[O-])c2)N[C@H](C2CCOCC2)CO3)c2cc3cc[nH]c3nc2O1. The lowest BCUT2D eigenvalue weighted by molar-refractivity contribution is -0.384. The van der Waals surface area contributed by atoms with Gasteiger partial charge in [-0.15, -0.1) is 0 Å². The fraction of sp³-hybridized carbons (Fsp3) is 0.333. The minimum Gasteiger partial charge on any atom is -0.489 e. The molecule has 7 rings (SSSR count). The Bertz CT molecular complexity index is 1920. The number of H-pyrrole nitrogens is 1. The quantitative estimate of drug-likeness (QED) is 0.205. The monoisotopic (exact) mass is 634 g/mol. The van der Waals surface area contributed by atoms with Crippen LogP contribution in [0.3, 0.4) is 0 Å². The van der Waals surface area contributed by atoms with Gasteiger partial charge in [0.15, 0.2) is 11.4 Å². The molecule has 15 heteroatoms. The van der Waals surface area contributed by atoms with Crippen LogP contribution in [0.1, 0.15) is 30.1 Å². The number of nitrogens with one attached hydrogen (secondary N) is 3. The van der Waals surface area contributed by atoms with Crippen molar-refractivity contribution < 1.29 is 32.3 Å². The molecule has 0 spiro atoms. The number of aromatic nitrogens is 2. The number of ether oxygens (including phenoxy) is 3. The topological polar surface area (TPSA) is 178 Å². The Morgan fingerprint density at radius 2 is 1.93 bits per heavy atom. The van der Waals surface area contributed by atoms with E-state index in [-0.39, 0.29) is 41.7 Å². The fourth-order valence-electron chi connectivity index (χ4n) is 6.10. The number of fused-ring (bicyclic) bond motifs is 3. The van der Waals surface area contributed by atoms with Crippen molar-refractivity contribution in [2.45, 2.75) is 36.8 Å². The molecule has 0 aliphatic carbocycles. The van der Waals surface area contributed by atoms with Gasteiger partial charge < -0.3 is 29.4 Å². The number of nitro benzene ring substituents is 1. The molecule has 5 heterocycles. The first-order valence-corrected chi connectivity index (χ1v) is 16.0. The van der Waals surface area contributed by atoms with Gasteiger partial charge in [0.05, 0.1) is 33.7 Å². The molecule has 4 aromatic rings. The highest BCUT2D eigenvalue weighted by molar-refractivity contribution is 7.90. The summed E-state index contributed by atoms with van der Waals surface area (Å²) in [6.07, 6.45) is 3.05. The van der Waals surface area contributed by atoms with Gasteiger partial charge in [-0.1, -0.05) is 12.1 Å². The summed E-state index contributed by atoms with van der Waals surface area (Å²) in [5, 5.41) is 16.1. The Morgan fingerprint density at radius 1 is 1.13 bits per heavy atom.